The molecule has 2 aromatic heterocycles. The number of nitriles is 1. The number of piperidine rings is 1. The standard InChI is InChI=1S/C32H33FN8O2/c1-32(2,38-21-10-11-21)16-20(17-34)31(42)40-14-6-7-22(18-40)41-30-27(29(35)36-19-37-30)28(39-41)25-13-12-24(15-26(25)33)43-23-8-4-3-5-9-23/h3-5,8-9,12-13,15-16,19,21-22,38H,6-7,10-11,14,18H2,1-2H3,(H2,35,36,37). The van der Waals surface area contributed by atoms with Crippen molar-refractivity contribution in [2.75, 3.05) is 18.8 Å². The molecule has 220 valence electrons. The van der Waals surface area contributed by atoms with Crippen LogP contribution in [-0.2, 0) is 4.79 Å². The molecule has 0 radical (unpaired) electrons. The summed E-state index contributed by atoms with van der Waals surface area (Å²) in [7, 11) is 0. The number of hydrogen-bond donors (Lipinski definition) is 2. The number of nitrogen functional groups attached to an aromatic ring is 1. The van der Waals surface area contributed by atoms with E-state index in [4.69, 9.17) is 15.6 Å². The topological polar surface area (TPSA) is 135 Å². The highest BCUT2D eigenvalue weighted by atomic mass is 19.1. The number of ether oxygens (including phenoxy) is 1. The molecule has 11 heteroatoms. The predicted molar refractivity (Wildman–Crippen MR) is 160 cm³/mol. The first kappa shape index (κ1) is 28.3. The van der Waals surface area contributed by atoms with Crippen LogP contribution in [0.25, 0.3) is 22.3 Å². The van der Waals surface area contributed by atoms with Crippen LogP contribution in [0.2, 0.25) is 0 Å². The molecule has 0 spiro atoms. The predicted octanol–water partition coefficient (Wildman–Crippen LogP) is 5.15. The van der Waals surface area contributed by atoms with E-state index in [1.54, 1.807) is 39.9 Å². The van der Waals surface area contributed by atoms with Crippen LogP contribution < -0.4 is 15.8 Å². The van der Waals surface area contributed by atoms with Gasteiger partial charge in [0.2, 0.25) is 0 Å². The third-order valence-electron chi connectivity index (χ3n) is 7.73. The number of nitrogens with one attached hydrogen (secondary N) is 1. The zero-order chi connectivity index (χ0) is 30.1. The summed E-state index contributed by atoms with van der Waals surface area (Å²) in [6.45, 7) is 4.78. The van der Waals surface area contributed by atoms with Crippen LogP contribution in [0.1, 0.15) is 45.6 Å². The van der Waals surface area contributed by atoms with Crippen LogP contribution in [0.4, 0.5) is 10.2 Å². The van der Waals surface area contributed by atoms with Gasteiger partial charge in [0.1, 0.15) is 46.8 Å². The van der Waals surface area contributed by atoms with E-state index in [1.165, 1.54) is 12.4 Å². The number of aromatic nitrogens is 4. The molecule has 1 aliphatic carbocycles. The van der Waals surface area contributed by atoms with Crippen molar-refractivity contribution in [3.05, 3.63) is 72.3 Å². The molecule has 2 aromatic carbocycles. The maximum atomic E-state index is 15.6. The minimum Gasteiger partial charge on any atom is -0.457 e. The van der Waals surface area contributed by atoms with Crippen molar-refractivity contribution in [1.82, 2.24) is 30.0 Å². The average molecular weight is 581 g/mol. The number of carbonyl (C=O) groups is 1. The summed E-state index contributed by atoms with van der Waals surface area (Å²) in [6, 6.07) is 16.0. The van der Waals surface area contributed by atoms with Gasteiger partial charge in [0.15, 0.2) is 5.65 Å². The monoisotopic (exact) mass is 580 g/mol. The highest BCUT2D eigenvalue weighted by Crippen LogP contribution is 2.36. The number of fused-ring (bicyclic) bond motifs is 1. The zero-order valence-electron chi connectivity index (χ0n) is 24.1. The summed E-state index contributed by atoms with van der Waals surface area (Å²) in [5, 5.41) is 18.6. The van der Waals surface area contributed by atoms with E-state index in [-0.39, 0.29) is 28.9 Å². The molecule has 1 saturated heterocycles. The van der Waals surface area contributed by atoms with E-state index in [1.807, 2.05) is 32.0 Å². The first-order valence-corrected chi connectivity index (χ1v) is 14.4. The molecule has 1 saturated carbocycles. The zero-order valence-corrected chi connectivity index (χ0v) is 24.1. The number of amides is 1. The van der Waals surface area contributed by atoms with Crippen LogP contribution in [0, 0.1) is 17.1 Å². The minimum absolute atomic E-state index is 0.108. The molecule has 6 rings (SSSR count). The van der Waals surface area contributed by atoms with E-state index in [2.05, 4.69) is 21.4 Å². The summed E-state index contributed by atoms with van der Waals surface area (Å²) in [5.41, 5.74) is 6.91. The Labute approximate surface area is 249 Å². The van der Waals surface area contributed by atoms with Gasteiger partial charge in [0, 0.05) is 36.3 Å². The summed E-state index contributed by atoms with van der Waals surface area (Å²) < 4.78 is 23.1. The second-order valence-electron chi connectivity index (χ2n) is 11.7. The summed E-state index contributed by atoms with van der Waals surface area (Å²) in [4.78, 5) is 23.8. The van der Waals surface area contributed by atoms with Gasteiger partial charge in [-0.3, -0.25) is 4.79 Å². The summed E-state index contributed by atoms with van der Waals surface area (Å²) >= 11 is 0. The molecule has 1 amide bonds. The Morgan fingerprint density at radius 2 is 1.95 bits per heavy atom. The third-order valence-corrected chi connectivity index (χ3v) is 7.73. The number of nitrogens with two attached hydrogens (primary N) is 1. The van der Waals surface area contributed by atoms with Crippen LogP contribution in [0.15, 0.2) is 66.5 Å². The van der Waals surface area contributed by atoms with Crippen molar-refractivity contribution < 1.29 is 13.9 Å². The van der Waals surface area contributed by atoms with Gasteiger partial charge >= 0.3 is 0 Å². The normalized spacial score (nSPS) is 17.6. The van der Waals surface area contributed by atoms with Crippen molar-refractivity contribution in [2.45, 2.75) is 57.2 Å². The second kappa shape index (κ2) is 11.5. The smallest absolute Gasteiger partial charge is 0.264 e. The number of benzene rings is 2. The van der Waals surface area contributed by atoms with Gasteiger partial charge < -0.3 is 20.7 Å². The Morgan fingerprint density at radius 1 is 1.16 bits per heavy atom. The lowest BCUT2D eigenvalue weighted by molar-refractivity contribution is -0.128. The Kier molecular flexibility index (Phi) is 7.54. The largest absolute Gasteiger partial charge is 0.457 e. The van der Waals surface area contributed by atoms with E-state index in [0.29, 0.717) is 53.8 Å². The third kappa shape index (κ3) is 6.05. The number of nitrogens with zero attached hydrogens (tertiary/aromatic N) is 6. The Hall–Kier alpha value is -4.82. The molecular formula is C32H33FN8O2. The maximum absolute atomic E-state index is 15.6. The van der Waals surface area contributed by atoms with Gasteiger partial charge in [-0.1, -0.05) is 18.2 Å². The summed E-state index contributed by atoms with van der Waals surface area (Å²) in [6.07, 6.45) is 6.70. The lowest BCUT2D eigenvalue weighted by atomic mass is 9.99. The van der Waals surface area contributed by atoms with Gasteiger partial charge in [-0.2, -0.15) is 10.4 Å². The highest BCUT2D eigenvalue weighted by Gasteiger charge is 2.33. The van der Waals surface area contributed by atoms with Crippen LogP contribution in [0.5, 0.6) is 11.5 Å². The van der Waals surface area contributed by atoms with E-state index in [0.717, 1.165) is 19.3 Å². The molecular weight excluding hydrogens is 547 g/mol. The Balaban J connectivity index is 1.29. The molecule has 4 aromatic rings. The Morgan fingerprint density at radius 3 is 2.67 bits per heavy atom. The fourth-order valence-corrected chi connectivity index (χ4v) is 5.62. The van der Waals surface area contributed by atoms with E-state index >= 15 is 4.39 Å². The van der Waals surface area contributed by atoms with Crippen LogP contribution in [0.3, 0.4) is 0 Å². The van der Waals surface area contributed by atoms with Gasteiger partial charge in [-0.25, -0.2) is 19.0 Å². The highest BCUT2D eigenvalue weighted by molar-refractivity contribution is 5.99. The summed E-state index contributed by atoms with van der Waals surface area (Å²) in [5.74, 6) is 0.270. The van der Waals surface area contributed by atoms with Gasteiger partial charge in [-0.15, -0.1) is 0 Å². The number of carbonyl (C=O) groups excluding carboxylic acids is 1. The van der Waals surface area contributed by atoms with Crippen LogP contribution >= 0.6 is 0 Å². The second-order valence-corrected chi connectivity index (χ2v) is 11.7. The molecule has 1 aliphatic heterocycles. The molecule has 10 nitrogen and oxygen atoms in total. The molecule has 2 aliphatic rings. The number of likely N-dealkylation sites (tertiary alicyclic amines) is 1. The number of anilines is 1. The minimum atomic E-state index is -0.532. The van der Waals surface area contributed by atoms with Crippen molar-refractivity contribution in [3.63, 3.8) is 0 Å². The molecule has 43 heavy (non-hydrogen) atoms. The number of hydrogen-bond acceptors (Lipinski definition) is 8. The van der Waals surface area contributed by atoms with Gasteiger partial charge in [0.05, 0.1) is 11.4 Å². The number of halogens is 1. The molecule has 3 N–H and O–H groups in total. The lowest BCUT2D eigenvalue weighted by Crippen LogP contribution is -2.43. The first-order valence-electron chi connectivity index (χ1n) is 14.4. The maximum Gasteiger partial charge on any atom is 0.264 e. The van der Waals surface area contributed by atoms with Crippen LogP contribution in [-0.4, -0.2) is 55.2 Å². The quantitative estimate of drug-likeness (QED) is 0.216. The van der Waals surface area contributed by atoms with E-state index in [9.17, 15) is 10.1 Å². The van der Waals surface area contributed by atoms with E-state index < -0.39 is 11.4 Å². The Bertz CT molecular complexity index is 1740. The average Bonchev–Trinajstić information content (AvgIpc) is 3.72. The lowest BCUT2D eigenvalue weighted by Gasteiger charge is -2.33. The molecule has 1 unspecified atom stereocenters. The number of rotatable bonds is 8. The van der Waals surface area contributed by atoms with Crippen molar-refractivity contribution >= 4 is 22.8 Å². The molecule has 0 bridgehead atoms. The molecule has 1 atom stereocenters. The van der Waals surface area contributed by atoms with Crippen molar-refractivity contribution in [3.8, 4) is 28.8 Å². The van der Waals surface area contributed by atoms with Crippen molar-refractivity contribution in [1.29, 1.82) is 5.26 Å². The fourth-order valence-electron chi connectivity index (χ4n) is 5.62. The van der Waals surface area contributed by atoms with Gasteiger partial charge in [0.25, 0.3) is 5.91 Å². The SMILES string of the molecule is CC(C)(C=C(C#N)C(=O)N1CCCC(n2nc(-c3ccc(Oc4ccccc4)cc3F)c3c(N)ncnc32)C1)NC1CC1. The number of para-hydroxylation sites is 1. The molecule has 3 heterocycles. The fraction of sp³-hybridized carbons (Fsp3) is 0.344. The van der Waals surface area contributed by atoms with Gasteiger partial charge in [-0.05, 0) is 69.9 Å². The molecule has 2 fully saturated rings. The van der Waals surface area contributed by atoms with Crippen molar-refractivity contribution in [2.24, 2.45) is 0 Å². The first-order chi connectivity index (χ1) is 20.7.